The fourth-order valence-electron chi connectivity index (χ4n) is 2.13. The second-order valence-electron chi connectivity index (χ2n) is 6.12. The first-order valence-corrected chi connectivity index (χ1v) is 7.18. The van der Waals surface area contributed by atoms with E-state index in [4.69, 9.17) is 5.73 Å². The minimum atomic E-state index is -0.341. The van der Waals surface area contributed by atoms with Crippen molar-refractivity contribution in [3.8, 4) is 0 Å². The van der Waals surface area contributed by atoms with Crippen LogP contribution in [0, 0.1) is 11.8 Å². The van der Waals surface area contributed by atoms with Crippen LogP contribution in [0.3, 0.4) is 0 Å². The van der Waals surface area contributed by atoms with Crippen molar-refractivity contribution in [1.29, 1.82) is 0 Å². The number of carbonyl (C=O) groups is 1. The van der Waals surface area contributed by atoms with E-state index in [0.717, 1.165) is 38.6 Å². The molecule has 106 valence electrons. The Kier molecular flexibility index (Phi) is 6.09. The first-order chi connectivity index (χ1) is 8.41. The number of amides is 1. The molecule has 1 unspecified atom stereocenters. The van der Waals surface area contributed by atoms with E-state index in [1.54, 1.807) is 0 Å². The summed E-state index contributed by atoms with van der Waals surface area (Å²) in [5.41, 5.74) is 5.92. The highest BCUT2D eigenvalue weighted by atomic mass is 16.2. The highest BCUT2D eigenvalue weighted by Crippen LogP contribution is 2.09. The van der Waals surface area contributed by atoms with Crippen LogP contribution in [0.1, 0.15) is 34.1 Å². The Balaban J connectivity index is 2.32. The van der Waals surface area contributed by atoms with Crippen molar-refractivity contribution in [2.24, 2.45) is 17.6 Å². The van der Waals surface area contributed by atoms with Crippen molar-refractivity contribution < 1.29 is 4.79 Å². The first kappa shape index (κ1) is 15.4. The van der Waals surface area contributed by atoms with Gasteiger partial charge in [-0.05, 0) is 24.8 Å². The molecule has 0 aliphatic carbocycles. The topological polar surface area (TPSA) is 49.6 Å². The summed E-state index contributed by atoms with van der Waals surface area (Å²) < 4.78 is 0. The highest BCUT2D eigenvalue weighted by molar-refractivity contribution is 5.82. The zero-order valence-corrected chi connectivity index (χ0v) is 12.4. The van der Waals surface area contributed by atoms with E-state index in [0.29, 0.717) is 0 Å². The lowest BCUT2D eigenvalue weighted by molar-refractivity contribution is -0.135. The molecule has 0 aromatic heterocycles. The SMILES string of the molecule is CC(C)CCN1CCN(C(=O)C(N)C(C)C)CC1. The summed E-state index contributed by atoms with van der Waals surface area (Å²) >= 11 is 0. The van der Waals surface area contributed by atoms with Crippen LogP contribution >= 0.6 is 0 Å². The van der Waals surface area contributed by atoms with Crippen molar-refractivity contribution in [2.75, 3.05) is 32.7 Å². The summed E-state index contributed by atoms with van der Waals surface area (Å²) in [6.07, 6.45) is 1.24. The average Bonchev–Trinajstić information content (AvgIpc) is 2.35. The van der Waals surface area contributed by atoms with E-state index >= 15 is 0 Å². The Labute approximate surface area is 111 Å². The summed E-state index contributed by atoms with van der Waals surface area (Å²) in [7, 11) is 0. The van der Waals surface area contributed by atoms with Crippen LogP contribution in [0.2, 0.25) is 0 Å². The van der Waals surface area contributed by atoms with Gasteiger partial charge in [0.1, 0.15) is 0 Å². The standard InChI is InChI=1S/C14H29N3O/c1-11(2)5-6-16-7-9-17(10-8-16)14(18)13(15)12(3)4/h11-13H,5-10,15H2,1-4H3. The van der Waals surface area contributed by atoms with Gasteiger partial charge in [0.25, 0.3) is 0 Å². The zero-order chi connectivity index (χ0) is 13.7. The monoisotopic (exact) mass is 255 g/mol. The van der Waals surface area contributed by atoms with Gasteiger partial charge >= 0.3 is 0 Å². The minimum absolute atomic E-state index is 0.119. The molecule has 1 rings (SSSR count). The van der Waals surface area contributed by atoms with Gasteiger partial charge < -0.3 is 10.6 Å². The molecule has 4 nitrogen and oxygen atoms in total. The Morgan fingerprint density at radius 1 is 1.11 bits per heavy atom. The third-order valence-electron chi connectivity index (χ3n) is 3.71. The molecule has 0 spiro atoms. The maximum atomic E-state index is 12.1. The summed E-state index contributed by atoms with van der Waals surface area (Å²) in [6, 6.07) is -0.341. The fraction of sp³-hybridized carbons (Fsp3) is 0.929. The zero-order valence-electron chi connectivity index (χ0n) is 12.4. The van der Waals surface area contributed by atoms with Crippen LogP contribution in [-0.4, -0.2) is 54.5 Å². The molecule has 1 aliphatic heterocycles. The van der Waals surface area contributed by atoms with Gasteiger partial charge in [-0.25, -0.2) is 0 Å². The molecule has 1 heterocycles. The van der Waals surface area contributed by atoms with Crippen molar-refractivity contribution >= 4 is 5.91 Å². The van der Waals surface area contributed by atoms with Crippen molar-refractivity contribution in [2.45, 2.75) is 40.2 Å². The first-order valence-electron chi connectivity index (χ1n) is 7.18. The Hall–Kier alpha value is -0.610. The third kappa shape index (κ3) is 4.58. The normalized spacial score (nSPS) is 19.6. The van der Waals surface area contributed by atoms with Crippen LogP contribution in [0.4, 0.5) is 0 Å². The van der Waals surface area contributed by atoms with Gasteiger partial charge in [0, 0.05) is 26.2 Å². The summed E-state index contributed by atoms with van der Waals surface area (Å²) in [5, 5.41) is 0. The van der Waals surface area contributed by atoms with E-state index in [1.807, 2.05) is 18.7 Å². The van der Waals surface area contributed by atoms with Gasteiger partial charge in [-0.15, -0.1) is 0 Å². The molecule has 2 N–H and O–H groups in total. The lowest BCUT2D eigenvalue weighted by atomic mass is 10.0. The van der Waals surface area contributed by atoms with Gasteiger partial charge in [0.2, 0.25) is 5.91 Å². The molecule has 1 fully saturated rings. The van der Waals surface area contributed by atoms with Gasteiger partial charge in [0.15, 0.2) is 0 Å². The van der Waals surface area contributed by atoms with E-state index in [2.05, 4.69) is 18.7 Å². The molecule has 18 heavy (non-hydrogen) atoms. The maximum Gasteiger partial charge on any atom is 0.239 e. The van der Waals surface area contributed by atoms with Gasteiger partial charge in [-0.3, -0.25) is 9.69 Å². The molecule has 1 saturated heterocycles. The summed E-state index contributed by atoms with van der Waals surface area (Å²) in [6.45, 7) is 13.3. The van der Waals surface area contributed by atoms with E-state index in [1.165, 1.54) is 6.42 Å². The molecule has 0 saturated carbocycles. The number of nitrogens with two attached hydrogens (primary N) is 1. The Morgan fingerprint density at radius 3 is 2.11 bits per heavy atom. The van der Waals surface area contributed by atoms with Gasteiger partial charge in [0.05, 0.1) is 6.04 Å². The minimum Gasteiger partial charge on any atom is -0.339 e. The van der Waals surface area contributed by atoms with Crippen LogP contribution in [0.15, 0.2) is 0 Å². The Bertz CT molecular complexity index is 258. The van der Waals surface area contributed by atoms with Gasteiger partial charge in [-0.2, -0.15) is 0 Å². The molecule has 1 atom stereocenters. The van der Waals surface area contributed by atoms with Crippen molar-refractivity contribution in [1.82, 2.24) is 9.80 Å². The van der Waals surface area contributed by atoms with Crippen molar-refractivity contribution in [3.05, 3.63) is 0 Å². The lowest BCUT2D eigenvalue weighted by Crippen LogP contribution is -2.54. The molecule has 1 aliphatic rings. The smallest absolute Gasteiger partial charge is 0.239 e. The third-order valence-corrected chi connectivity index (χ3v) is 3.71. The quantitative estimate of drug-likeness (QED) is 0.802. The maximum absolute atomic E-state index is 12.1. The van der Waals surface area contributed by atoms with Crippen LogP contribution < -0.4 is 5.73 Å². The molecular weight excluding hydrogens is 226 g/mol. The van der Waals surface area contributed by atoms with E-state index < -0.39 is 0 Å². The molecule has 1 amide bonds. The van der Waals surface area contributed by atoms with Crippen LogP contribution in [-0.2, 0) is 4.79 Å². The summed E-state index contributed by atoms with van der Waals surface area (Å²) in [4.78, 5) is 16.5. The molecular formula is C14H29N3O. The van der Waals surface area contributed by atoms with E-state index in [-0.39, 0.29) is 17.9 Å². The highest BCUT2D eigenvalue weighted by Gasteiger charge is 2.26. The molecule has 0 aromatic carbocycles. The second-order valence-corrected chi connectivity index (χ2v) is 6.12. The van der Waals surface area contributed by atoms with E-state index in [9.17, 15) is 4.79 Å². The number of hydrogen-bond donors (Lipinski definition) is 1. The van der Waals surface area contributed by atoms with Gasteiger partial charge in [-0.1, -0.05) is 27.7 Å². The van der Waals surface area contributed by atoms with Crippen LogP contribution in [0.5, 0.6) is 0 Å². The molecule has 0 radical (unpaired) electrons. The number of nitrogens with zero attached hydrogens (tertiary/aromatic N) is 2. The fourth-order valence-corrected chi connectivity index (χ4v) is 2.13. The second kappa shape index (κ2) is 7.10. The predicted molar refractivity (Wildman–Crippen MR) is 75.3 cm³/mol. The average molecular weight is 255 g/mol. The summed E-state index contributed by atoms with van der Waals surface area (Å²) in [5.74, 6) is 1.09. The molecule has 0 aromatic rings. The number of rotatable bonds is 5. The van der Waals surface area contributed by atoms with Crippen molar-refractivity contribution in [3.63, 3.8) is 0 Å². The lowest BCUT2D eigenvalue weighted by Gasteiger charge is -2.36. The predicted octanol–water partition coefficient (Wildman–Crippen LogP) is 1.16. The number of hydrogen-bond acceptors (Lipinski definition) is 3. The number of carbonyl (C=O) groups excluding carboxylic acids is 1. The largest absolute Gasteiger partial charge is 0.339 e. The van der Waals surface area contributed by atoms with Crippen LogP contribution in [0.25, 0.3) is 0 Å². The number of piperazine rings is 1. The molecule has 0 bridgehead atoms. The Morgan fingerprint density at radius 2 is 1.67 bits per heavy atom. The molecule has 4 heteroatoms.